The molecule has 9 heteroatoms. The summed E-state index contributed by atoms with van der Waals surface area (Å²) in [5.74, 6) is 1.17. The summed E-state index contributed by atoms with van der Waals surface area (Å²) in [6.07, 6.45) is 0.494. The fraction of sp³-hybridized carbons (Fsp3) is 0.609. The lowest BCUT2D eigenvalue weighted by atomic mass is 9.99. The highest BCUT2D eigenvalue weighted by atomic mass is 16.6. The maximum absolute atomic E-state index is 12.4. The molecule has 3 rings (SSSR count). The number of aliphatic imine (C=N–C) groups is 1. The van der Waals surface area contributed by atoms with Crippen LogP contribution in [0.2, 0.25) is 0 Å². The van der Waals surface area contributed by atoms with Crippen LogP contribution in [0, 0.1) is 0 Å². The second kappa shape index (κ2) is 10.2. The second-order valence-corrected chi connectivity index (χ2v) is 9.06. The van der Waals surface area contributed by atoms with Crippen molar-refractivity contribution >= 4 is 18.0 Å². The monoisotopic (exact) mass is 446 g/mol. The Morgan fingerprint density at radius 1 is 1.03 bits per heavy atom. The van der Waals surface area contributed by atoms with Crippen LogP contribution in [0.4, 0.5) is 4.79 Å². The van der Waals surface area contributed by atoms with Crippen LogP contribution in [0.1, 0.15) is 38.8 Å². The van der Waals surface area contributed by atoms with Gasteiger partial charge in [-0.25, -0.2) is 4.79 Å². The molecule has 0 spiro atoms. The first-order valence-corrected chi connectivity index (χ1v) is 11.1. The Balaban J connectivity index is 1.67. The van der Waals surface area contributed by atoms with Gasteiger partial charge in [0.15, 0.2) is 0 Å². The van der Waals surface area contributed by atoms with Crippen molar-refractivity contribution in [1.82, 2.24) is 14.7 Å². The molecule has 32 heavy (non-hydrogen) atoms. The third kappa shape index (κ3) is 6.35. The molecule has 1 aromatic rings. The Morgan fingerprint density at radius 3 is 2.34 bits per heavy atom. The van der Waals surface area contributed by atoms with E-state index in [1.165, 1.54) is 12.5 Å². The molecule has 2 heterocycles. The SMILES string of the molecule is CC(=O)N=C(N1CCN(C(=O)OC(C)(C)C)CC1)N1CCc2cc(OCCO)ccc2C1. The molecule has 0 saturated carbocycles. The molecule has 176 valence electrons. The summed E-state index contributed by atoms with van der Waals surface area (Å²) in [7, 11) is 0. The summed E-state index contributed by atoms with van der Waals surface area (Å²) in [5, 5.41) is 8.95. The predicted octanol–water partition coefficient (Wildman–Crippen LogP) is 1.87. The van der Waals surface area contributed by atoms with E-state index in [2.05, 4.69) is 14.8 Å². The number of ether oxygens (including phenoxy) is 2. The lowest BCUT2D eigenvalue weighted by Gasteiger charge is -2.41. The molecule has 0 bridgehead atoms. The van der Waals surface area contributed by atoms with Gasteiger partial charge in [-0.1, -0.05) is 6.07 Å². The van der Waals surface area contributed by atoms with E-state index in [4.69, 9.17) is 14.6 Å². The standard InChI is InChI=1S/C23H34N4O5/c1-17(29)24-21(25-9-11-26(12-10-25)22(30)32-23(2,3)4)27-8-7-18-15-20(31-14-13-28)6-5-19(18)16-27/h5-6,15,28H,7-14,16H2,1-4H3. The molecule has 0 atom stereocenters. The Bertz CT molecular complexity index is 856. The minimum Gasteiger partial charge on any atom is -0.491 e. The number of guanidine groups is 1. The molecule has 1 saturated heterocycles. The third-order valence-electron chi connectivity index (χ3n) is 5.30. The zero-order chi connectivity index (χ0) is 23.3. The predicted molar refractivity (Wildman–Crippen MR) is 121 cm³/mol. The number of rotatable bonds is 3. The second-order valence-electron chi connectivity index (χ2n) is 9.06. The van der Waals surface area contributed by atoms with Gasteiger partial charge in [0.1, 0.15) is 18.0 Å². The van der Waals surface area contributed by atoms with Crippen molar-refractivity contribution in [2.75, 3.05) is 45.9 Å². The zero-order valence-electron chi connectivity index (χ0n) is 19.5. The molecule has 0 radical (unpaired) electrons. The van der Waals surface area contributed by atoms with E-state index in [0.717, 1.165) is 24.3 Å². The summed E-state index contributed by atoms with van der Waals surface area (Å²) in [6, 6.07) is 5.95. The van der Waals surface area contributed by atoms with Gasteiger partial charge < -0.3 is 29.3 Å². The van der Waals surface area contributed by atoms with Crippen molar-refractivity contribution in [3.63, 3.8) is 0 Å². The Hall–Kier alpha value is -2.81. The van der Waals surface area contributed by atoms with Crippen LogP contribution in [0.15, 0.2) is 23.2 Å². The molecule has 9 nitrogen and oxygen atoms in total. The van der Waals surface area contributed by atoms with E-state index < -0.39 is 5.60 Å². The van der Waals surface area contributed by atoms with Crippen LogP contribution in [-0.2, 0) is 22.5 Å². The molecule has 1 aromatic carbocycles. The highest BCUT2D eigenvalue weighted by Gasteiger charge is 2.30. The van der Waals surface area contributed by atoms with Crippen molar-refractivity contribution in [2.24, 2.45) is 4.99 Å². The number of hydrogen-bond acceptors (Lipinski definition) is 5. The first-order valence-electron chi connectivity index (χ1n) is 11.1. The van der Waals surface area contributed by atoms with E-state index in [1.807, 2.05) is 39.0 Å². The number of fused-ring (bicyclic) bond motifs is 1. The Kier molecular flexibility index (Phi) is 7.60. The fourth-order valence-electron chi connectivity index (χ4n) is 3.85. The van der Waals surface area contributed by atoms with Crippen molar-refractivity contribution in [3.05, 3.63) is 29.3 Å². The van der Waals surface area contributed by atoms with Crippen LogP contribution in [0.25, 0.3) is 0 Å². The molecule has 2 aliphatic heterocycles. The van der Waals surface area contributed by atoms with Gasteiger partial charge >= 0.3 is 6.09 Å². The maximum atomic E-state index is 12.4. The van der Waals surface area contributed by atoms with Crippen molar-refractivity contribution < 1.29 is 24.2 Å². The van der Waals surface area contributed by atoms with E-state index in [1.54, 1.807) is 4.90 Å². The molecule has 2 amide bonds. The van der Waals surface area contributed by atoms with Gasteiger partial charge in [0.05, 0.1) is 6.61 Å². The Labute approximate surface area is 189 Å². The van der Waals surface area contributed by atoms with Crippen LogP contribution < -0.4 is 4.74 Å². The number of carbonyl (C=O) groups excluding carboxylic acids is 2. The van der Waals surface area contributed by atoms with Gasteiger partial charge in [0.2, 0.25) is 11.9 Å². The first kappa shape index (κ1) is 23.8. The summed E-state index contributed by atoms with van der Waals surface area (Å²) >= 11 is 0. The lowest BCUT2D eigenvalue weighted by Crippen LogP contribution is -2.56. The molecule has 0 unspecified atom stereocenters. The van der Waals surface area contributed by atoms with Crippen molar-refractivity contribution in [3.8, 4) is 5.75 Å². The summed E-state index contributed by atoms with van der Waals surface area (Å²) < 4.78 is 11.0. The number of nitrogens with zero attached hydrogens (tertiary/aromatic N) is 4. The number of piperazine rings is 1. The van der Waals surface area contributed by atoms with Gasteiger partial charge in [-0.2, -0.15) is 4.99 Å². The molecule has 0 aliphatic carbocycles. The topological polar surface area (TPSA) is 94.9 Å². The van der Waals surface area contributed by atoms with Gasteiger partial charge in [-0.15, -0.1) is 0 Å². The number of hydrogen-bond donors (Lipinski definition) is 1. The molecule has 2 aliphatic rings. The zero-order valence-corrected chi connectivity index (χ0v) is 19.5. The molecule has 1 N–H and O–H groups in total. The van der Waals surface area contributed by atoms with Crippen LogP contribution in [-0.4, -0.2) is 89.3 Å². The normalized spacial score (nSPS) is 17.2. The minimum atomic E-state index is -0.528. The number of aliphatic hydroxyl groups is 1. The highest BCUT2D eigenvalue weighted by molar-refractivity contribution is 5.92. The number of amides is 2. The highest BCUT2D eigenvalue weighted by Crippen LogP contribution is 2.25. The van der Waals surface area contributed by atoms with Gasteiger partial charge in [-0.3, -0.25) is 4.79 Å². The lowest BCUT2D eigenvalue weighted by molar-refractivity contribution is -0.115. The molecular weight excluding hydrogens is 412 g/mol. The van der Waals surface area contributed by atoms with Crippen LogP contribution in [0.5, 0.6) is 5.75 Å². The fourth-order valence-corrected chi connectivity index (χ4v) is 3.85. The van der Waals surface area contributed by atoms with E-state index in [0.29, 0.717) is 38.7 Å². The number of aliphatic hydroxyl groups excluding tert-OH is 1. The summed E-state index contributed by atoms with van der Waals surface area (Å²) in [5.41, 5.74) is 1.84. The minimum absolute atomic E-state index is 0.0169. The Morgan fingerprint density at radius 2 is 1.72 bits per heavy atom. The van der Waals surface area contributed by atoms with E-state index in [-0.39, 0.29) is 25.2 Å². The van der Waals surface area contributed by atoms with E-state index >= 15 is 0 Å². The van der Waals surface area contributed by atoms with Crippen molar-refractivity contribution in [1.29, 1.82) is 0 Å². The average Bonchev–Trinajstić information content (AvgIpc) is 2.74. The van der Waals surface area contributed by atoms with Crippen molar-refractivity contribution in [2.45, 2.75) is 46.3 Å². The summed E-state index contributed by atoms with van der Waals surface area (Å²) in [6.45, 7) is 10.9. The van der Waals surface area contributed by atoms with Crippen LogP contribution in [0.3, 0.4) is 0 Å². The largest absolute Gasteiger partial charge is 0.491 e. The van der Waals surface area contributed by atoms with Crippen LogP contribution >= 0.6 is 0 Å². The molecule has 1 fully saturated rings. The maximum Gasteiger partial charge on any atom is 0.410 e. The smallest absolute Gasteiger partial charge is 0.410 e. The molecular formula is C23H34N4O5. The number of benzene rings is 1. The molecule has 0 aromatic heterocycles. The van der Waals surface area contributed by atoms with Gasteiger partial charge in [0.25, 0.3) is 0 Å². The van der Waals surface area contributed by atoms with Gasteiger partial charge in [-0.05, 0) is 50.5 Å². The van der Waals surface area contributed by atoms with Gasteiger partial charge in [0, 0.05) is 46.2 Å². The summed E-state index contributed by atoms with van der Waals surface area (Å²) in [4.78, 5) is 34.5. The quantitative estimate of drug-likeness (QED) is 0.559. The average molecular weight is 447 g/mol. The number of carbonyl (C=O) groups is 2. The third-order valence-corrected chi connectivity index (χ3v) is 5.30. The first-order chi connectivity index (χ1) is 15.2. The van der Waals surface area contributed by atoms with E-state index in [9.17, 15) is 9.59 Å².